The largest absolute Gasteiger partial charge is 0.467 e. The number of halogens is 1. The zero-order chi connectivity index (χ0) is 16.6. The van der Waals surface area contributed by atoms with Crippen molar-refractivity contribution in [2.45, 2.75) is 39.2 Å². The summed E-state index contributed by atoms with van der Waals surface area (Å²) in [6.45, 7) is 6.66. The van der Waals surface area contributed by atoms with Crippen molar-refractivity contribution in [2.75, 3.05) is 40.0 Å². The van der Waals surface area contributed by atoms with Gasteiger partial charge in [-0.05, 0) is 44.7 Å². The van der Waals surface area contributed by atoms with Gasteiger partial charge in [-0.2, -0.15) is 0 Å². The molecular formula is C17H32IN3O3. The highest BCUT2D eigenvalue weighted by molar-refractivity contribution is 14.0. The number of nitrogens with zero attached hydrogens (tertiary/aromatic N) is 1. The third-order valence-electron chi connectivity index (χ3n) is 3.20. The van der Waals surface area contributed by atoms with Crippen LogP contribution in [-0.4, -0.2) is 45.9 Å². The Morgan fingerprint density at radius 2 is 2.04 bits per heavy atom. The van der Waals surface area contributed by atoms with Crippen LogP contribution < -0.4 is 10.6 Å². The molecule has 0 saturated carbocycles. The molecule has 24 heavy (non-hydrogen) atoms. The predicted molar refractivity (Wildman–Crippen MR) is 108 cm³/mol. The molecule has 1 aromatic rings. The Morgan fingerprint density at radius 1 is 1.17 bits per heavy atom. The summed E-state index contributed by atoms with van der Waals surface area (Å²) < 4.78 is 15.8. The summed E-state index contributed by atoms with van der Waals surface area (Å²) in [6, 6.07) is 3.78. The van der Waals surface area contributed by atoms with Gasteiger partial charge in [-0.1, -0.05) is 0 Å². The number of hydrogen-bond donors (Lipinski definition) is 2. The van der Waals surface area contributed by atoms with Gasteiger partial charge in [-0.3, -0.25) is 4.99 Å². The second-order valence-electron chi connectivity index (χ2n) is 5.23. The molecule has 1 heterocycles. The van der Waals surface area contributed by atoms with Gasteiger partial charge >= 0.3 is 0 Å². The van der Waals surface area contributed by atoms with Crippen molar-refractivity contribution in [3.8, 4) is 0 Å². The minimum absolute atomic E-state index is 0. The van der Waals surface area contributed by atoms with Gasteiger partial charge < -0.3 is 24.5 Å². The fourth-order valence-electron chi connectivity index (χ4n) is 2.02. The summed E-state index contributed by atoms with van der Waals surface area (Å²) >= 11 is 0. The minimum atomic E-state index is 0. The lowest BCUT2D eigenvalue weighted by Crippen LogP contribution is -2.37. The molecular weight excluding hydrogens is 421 g/mol. The van der Waals surface area contributed by atoms with E-state index in [0.717, 1.165) is 57.2 Å². The minimum Gasteiger partial charge on any atom is -0.467 e. The highest BCUT2D eigenvalue weighted by Crippen LogP contribution is 2.01. The number of unbranched alkanes of at least 4 members (excludes halogenated alkanes) is 2. The fourth-order valence-corrected chi connectivity index (χ4v) is 2.02. The quantitative estimate of drug-likeness (QED) is 0.208. The highest BCUT2D eigenvalue weighted by Gasteiger charge is 1.98. The SMILES string of the molecule is CCNC(=NCCCOCc1ccco1)NCCCCCOC.I. The maximum Gasteiger partial charge on any atom is 0.191 e. The van der Waals surface area contributed by atoms with Gasteiger partial charge in [0.15, 0.2) is 5.96 Å². The molecule has 0 aliphatic rings. The van der Waals surface area contributed by atoms with Crippen molar-refractivity contribution in [2.24, 2.45) is 4.99 Å². The van der Waals surface area contributed by atoms with Gasteiger partial charge in [0, 0.05) is 40.0 Å². The lowest BCUT2D eigenvalue weighted by Gasteiger charge is -2.11. The predicted octanol–water partition coefficient (Wildman–Crippen LogP) is 3.18. The van der Waals surface area contributed by atoms with Gasteiger partial charge in [-0.25, -0.2) is 0 Å². The topological polar surface area (TPSA) is 68.0 Å². The van der Waals surface area contributed by atoms with Gasteiger partial charge in [0.05, 0.1) is 6.26 Å². The second kappa shape index (κ2) is 17.0. The summed E-state index contributed by atoms with van der Waals surface area (Å²) in [7, 11) is 1.74. The molecule has 1 aromatic heterocycles. The summed E-state index contributed by atoms with van der Waals surface area (Å²) in [4.78, 5) is 4.55. The number of nitrogens with one attached hydrogen (secondary N) is 2. The number of methoxy groups -OCH3 is 1. The molecule has 0 aromatic carbocycles. The smallest absolute Gasteiger partial charge is 0.191 e. The van der Waals surface area contributed by atoms with Crippen molar-refractivity contribution in [1.82, 2.24) is 10.6 Å². The number of furan rings is 1. The normalized spacial score (nSPS) is 11.2. The first-order valence-corrected chi connectivity index (χ1v) is 8.48. The zero-order valence-electron chi connectivity index (χ0n) is 14.9. The Kier molecular flexibility index (Phi) is 16.5. The first-order chi connectivity index (χ1) is 11.4. The number of rotatable bonds is 13. The molecule has 7 heteroatoms. The summed E-state index contributed by atoms with van der Waals surface area (Å²) in [5.74, 6) is 1.74. The van der Waals surface area contributed by atoms with Gasteiger partial charge in [0.2, 0.25) is 0 Å². The van der Waals surface area contributed by atoms with Crippen molar-refractivity contribution in [1.29, 1.82) is 0 Å². The van der Waals surface area contributed by atoms with Gasteiger partial charge in [-0.15, -0.1) is 24.0 Å². The van der Waals surface area contributed by atoms with E-state index in [2.05, 4.69) is 22.5 Å². The standard InChI is InChI=1S/C17H31N3O3.HI/c1-3-18-17(19-10-5-4-6-12-21-2)20-11-8-13-22-15-16-9-7-14-23-16;/h7,9,14H,3-6,8,10-13,15H2,1-2H3,(H2,18,19,20);1H. The Labute approximate surface area is 162 Å². The van der Waals surface area contributed by atoms with E-state index in [9.17, 15) is 0 Å². The molecule has 0 spiro atoms. The monoisotopic (exact) mass is 453 g/mol. The highest BCUT2D eigenvalue weighted by atomic mass is 127. The van der Waals surface area contributed by atoms with Crippen molar-refractivity contribution < 1.29 is 13.9 Å². The van der Waals surface area contributed by atoms with Crippen LogP contribution in [0.15, 0.2) is 27.8 Å². The van der Waals surface area contributed by atoms with E-state index in [4.69, 9.17) is 13.9 Å². The number of guanidine groups is 1. The molecule has 0 aliphatic heterocycles. The molecule has 0 bridgehead atoms. The van der Waals surface area contributed by atoms with Crippen molar-refractivity contribution in [3.63, 3.8) is 0 Å². The van der Waals surface area contributed by atoms with Gasteiger partial charge in [0.1, 0.15) is 12.4 Å². The third kappa shape index (κ3) is 12.6. The molecule has 0 fully saturated rings. The van der Waals surface area contributed by atoms with Crippen LogP contribution >= 0.6 is 24.0 Å². The van der Waals surface area contributed by atoms with Crippen LogP contribution in [0.4, 0.5) is 0 Å². The molecule has 140 valence electrons. The molecule has 0 aliphatic carbocycles. The molecule has 1 rings (SSSR count). The molecule has 0 saturated heterocycles. The van der Waals surface area contributed by atoms with E-state index in [-0.39, 0.29) is 24.0 Å². The van der Waals surface area contributed by atoms with Crippen LogP contribution in [0, 0.1) is 0 Å². The third-order valence-corrected chi connectivity index (χ3v) is 3.20. The van der Waals surface area contributed by atoms with Crippen LogP contribution in [-0.2, 0) is 16.1 Å². The van der Waals surface area contributed by atoms with Crippen LogP contribution in [0.5, 0.6) is 0 Å². The lowest BCUT2D eigenvalue weighted by molar-refractivity contribution is 0.105. The second-order valence-corrected chi connectivity index (χ2v) is 5.23. The van der Waals surface area contributed by atoms with E-state index < -0.39 is 0 Å². The van der Waals surface area contributed by atoms with Crippen LogP contribution in [0.3, 0.4) is 0 Å². The molecule has 0 amide bonds. The molecule has 0 unspecified atom stereocenters. The maximum atomic E-state index is 5.54. The van der Waals surface area contributed by atoms with Crippen LogP contribution in [0.1, 0.15) is 38.4 Å². The summed E-state index contributed by atoms with van der Waals surface area (Å²) in [5.41, 5.74) is 0. The van der Waals surface area contributed by atoms with Crippen molar-refractivity contribution in [3.05, 3.63) is 24.2 Å². The van der Waals surface area contributed by atoms with Crippen LogP contribution in [0.2, 0.25) is 0 Å². The van der Waals surface area contributed by atoms with E-state index in [1.54, 1.807) is 13.4 Å². The summed E-state index contributed by atoms with van der Waals surface area (Å²) in [5, 5.41) is 6.61. The molecule has 0 atom stereocenters. The average Bonchev–Trinajstić information content (AvgIpc) is 3.07. The number of aliphatic imine (C=N–C) groups is 1. The molecule has 6 nitrogen and oxygen atoms in total. The lowest BCUT2D eigenvalue weighted by atomic mass is 10.2. The average molecular weight is 453 g/mol. The Bertz CT molecular complexity index is 400. The van der Waals surface area contributed by atoms with Crippen molar-refractivity contribution >= 4 is 29.9 Å². The Hall–Kier alpha value is -0.800. The molecule has 2 N–H and O–H groups in total. The number of ether oxygens (including phenoxy) is 2. The number of hydrogen-bond acceptors (Lipinski definition) is 4. The van der Waals surface area contributed by atoms with E-state index in [0.29, 0.717) is 13.2 Å². The Balaban J connectivity index is 0.00000529. The maximum absolute atomic E-state index is 5.54. The zero-order valence-corrected chi connectivity index (χ0v) is 17.2. The fraction of sp³-hybridized carbons (Fsp3) is 0.706. The van der Waals surface area contributed by atoms with E-state index in [1.807, 2.05) is 12.1 Å². The van der Waals surface area contributed by atoms with E-state index >= 15 is 0 Å². The van der Waals surface area contributed by atoms with Crippen LogP contribution in [0.25, 0.3) is 0 Å². The first kappa shape index (κ1) is 23.2. The first-order valence-electron chi connectivity index (χ1n) is 8.48. The van der Waals surface area contributed by atoms with Gasteiger partial charge in [0.25, 0.3) is 0 Å². The summed E-state index contributed by atoms with van der Waals surface area (Å²) in [6.07, 6.45) is 5.96. The Morgan fingerprint density at radius 3 is 2.75 bits per heavy atom. The van der Waals surface area contributed by atoms with E-state index in [1.165, 1.54) is 6.42 Å². The molecule has 0 radical (unpaired) electrons.